The topological polar surface area (TPSA) is 76.7 Å². The van der Waals surface area contributed by atoms with Crippen LogP contribution in [0.1, 0.15) is 29.2 Å². The van der Waals surface area contributed by atoms with Crippen LogP contribution in [0.5, 0.6) is 0 Å². The summed E-state index contributed by atoms with van der Waals surface area (Å²) in [6.45, 7) is 0.243. The Morgan fingerprint density at radius 2 is 2.07 bits per heavy atom. The third kappa shape index (κ3) is 3.65. The van der Waals surface area contributed by atoms with Crippen molar-refractivity contribution in [3.63, 3.8) is 0 Å². The average molecular weight is 424 g/mol. The Hall–Kier alpha value is -1.80. The van der Waals surface area contributed by atoms with Crippen molar-refractivity contribution in [2.24, 2.45) is 5.73 Å². The predicted molar refractivity (Wildman–Crippen MR) is 108 cm³/mol. The van der Waals surface area contributed by atoms with E-state index in [1.165, 1.54) is 17.5 Å². The van der Waals surface area contributed by atoms with E-state index in [1.54, 1.807) is 12.3 Å². The lowest BCUT2D eigenvalue weighted by Gasteiger charge is -2.24. The average Bonchev–Trinajstić information content (AvgIpc) is 2.98. The molecule has 140 valence electrons. The molecular weight excluding hydrogens is 408 g/mol. The molecule has 0 saturated heterocycles. The predicted octanol–water partition coefficient (Wildman–Crippen LogP) is 4.91. The third-order valence-corrected chi connectivity index (χ3v) is 6.58. The van der Waals surface area contributed by atoms with Gasteiger partial charge < -0.3 is 11.1 Å². The molecule has 27 heavy (non-hydrogen) atoms. The SMILES string of the molecule is N[C@@H]1CC=CC[C@H]1c1sc2c(NCc3ccncc3F)nc(Cl)nc2c1Cl. The summed E-state index contributed by atoms with van der Waals surface area (Å²) in [4.78, 5) is 13.3. The highest BCUT2D eigenvalue weighted by molar-refractivity contribution is 7.20. The number of halogens is 3. The number of nitrogens with two attached hydrogens (primary N) is 1. The molecule has 9 heteroatoms. The summed E-state index contributed by atoms with van der Waals surface area (Å²) in [6.07, 6.45) is 8.58. The summed E-state index contributed by atoms with van der Waals surface area (Å²) < 4.78 is 14.6. The summed E-state index contributed by atoms with van der Waals surface area (Å²) >= 11 is 14.2. The van der Waals surface area contributed by atoms with Crippen molar-refractivity contribution in [1.82, 2.24) is 15.0 Å². The number of pyridine rings is 1. The first-order valence-corrected chi connectivity index (χ1v) is 10.00. The molecule has 0 amide bonds. The fourth-order valence-electron chi connectivity index (χ4n) is 3.16. The van der Waals surface area contributed by atoms with Crippen molar-refractivity contribution in [2.75, 3.05) is 5.32 Å². The number of aromatic nitrogens is 3. The molecule has 1 aliphatic carbocycles. The molecule has 3 N–H and O–H groups in total. The maximum absolute atomic E-state index is 13.8. The van der Waals surface area contributed by atoms with Gasteiger partial charge in [0, 0.05) is 35.1 Å². The standard InChI is InChI=1S/C18H16Cl2FN5S/c19-13-14-16(27-15(13)10-3-1-2-4-12(10)22)17(26-18(20)25-14)24-7-9-5-6-23-8-11(9)21/h1-2,5-6,8,10,12H,3-4,7,22H2,(H,24,25,26)/t10-,12-/m1/s1. The molecule has 3 heterocycles. The highest BCUT2D eigenvalue weighted by Gasteiger charge is 2.27. The van der Waals surface area contributed by atoms with Gasteiger partial charge in [0.25, 0.3) is 0 Å². The Labute approximate surface area is 169 Å². The van der Waals surface area contributed by atoms with Crippen LogP contribution in [-0.4, -0.2) is 21.0 Å². The first kappa shape index (κ1) is 18.6. The number of hydrogen-bond donors (Lipinski definition) is 2. The zero-order chi connectivity index (χ0) is 19.0. The molecule has 0 aromatic carbocycles. The van der Waals surface area contributed by atoms with Gasteiger partial charge in [-0.15, -0.1) is 11.3 Å². The molecule has 0 radical (unpaired) electrons. The molecule has 0 saturated carbocycles. The maximum Gasteiger partial charge on any atom is 0.225 e. The van der Waals surface area contributed by atoms with E-state index in [1.807, 2.05) is 0 Å². The second-order valence-corrected chi connectivity index (χ2v) is 8.10. The molecule has 4 rings (SSSR count). The fourth-order valence-corrected chi connectivity index (χ4v) is 5.07. The molecule has 3 aromatic rings. The summed E-state index contributed by atoms with van der Waals surface area (Å²) in [5.41, 5.74) is 7.37. The molecular formula is C18H16Cl2FN5S. The number of rotatable bonds is 4. The first-order valence-electron chi connectivity index (χ1n) is 8.43. The summed E-state index contributed by atoms with van der Waals surface area (Å²) in [6, 6.07) is 1.62. The van der Waals surface area contributed by atoms with E-state index in [4.69, 9.17) is 28.9 Å². The van der Waals surface area contributed by atoms with E-state index in [0.717, 1.165) is 22.4 Å². The molecule has 5 nitrogen and oxygen atoms in total. The molecule has 1 aliphatic rings. The lowest BCUT2D eigenvalue weighted by Crippen LogP contribution is -2.29. The smallest absolute Gasteiger partial charge is 0.225 e. The van der Waals surface area contributed by atoms with Crippen molar-refractivity contribution < 1.29 is 4.39 Å². The van der Waals surface area contributed by atoms with Crippen LogP contribution in [0.4, 0.5) is 10.2 Å². The lowest BCUT2D eigenvalue weighted by atomic mass is 9.88. The van der Waals surface area contributed by atoms with Gasteiger partial charge in [0.1, 0.15) is 17.2 Å². The highest BCUT2D eigenvalue weighted by Crippen LogP contribution is 2.44. The highest BCUT2D eigenvalue weighted by atomic mass is 35.5. The zero-order valence-corrected chi connectivity index (χ0v) is 16.5. The van der Waals surface area contributed by atoms with Crippen LogP contribution in [0, 0.1) is 5.82 Å². The summed E-state index contributed by atoms with van der Waals surface area (Å²) in [7, 11) is 0. The summed E-state index contributed by atoms with van der Waals surface area (Å²) in [5, 5.41) is 3.79. The fraction of sp³-hybridized carbons (Fsp3) is 0.278. The molecule has 0 unspecified atom stereocenters. The van der Waals surface area contributed by atoms with E-state index in [0.29, 0.717) is 21.9 Å². The minimum atomic E-state index is -0.383. The van der Waals surface area contributed by atoms with Crippen molar-refractivity contribution in [2.45, 2.75) is 31.3 Å². The van der Waals surface area contributed by atoms with E-state index in [9.17, 15) is 4.39 Å². The minimum absolute atomic E-state index is 0.00585. The van der Waals surface area contributed by atoms with Gasteiger partial charge in [0.15, 0.2) is 0 Å². The number of fused-ring (bicyclic) bond motifs is 1. The second kappa shape index (κ2) is 7.67. The van der Waals surface area contributed by atoms with Gasteiger partial charge in [0.05, 0.1) is 15.9 Å². The summed E-state index contributed by atoms with van der Waals surface area (Å²) in [5.74, 6) is 0.275. The van der Waals surface area contributed by atoms with Crippen LogP contribution < -0.4 is 11.1 Å². The van der Waals surface area contributed by atoms with E-state index >= 15 is 0 Å². The molecule has 2 atom stereocenters. The van der Waals surface area contributed by atoms with E-state index in [2.05, 4.69) is 32.4 Å². The molecule has 0 aliphatic heterocycles. The molecule has 0 spiro atoms. The number of allylic oxidation sites excluding steroid dienone is 1. The Morgan fingerprint density at radius 3 is 2.85 bits per heavy atom. The van der Waals surface area contributed by atoms with Crippen molar-refractivity contribution >= 4 is 50.6 Å². The van der Waals surface area contributed by atoms with Gasteiger partial charge in [-0.05, 0) is 30.5 Å². The van der Waals surface area contributed by atoms with Gasteiger partial charge >= 0.3 is 0 Å². The molecule has 0 bridgehead atoms. The van der Waals surface area contributed by atoms with Crippen molar-refractivity contribution in [3.05, 3.63) is 57.2 Å². The van der Waals surface area contributed by atoms with Gasteiger partial charge in [-0.2, -0.15) is 4.98 Å². The normalized spacial score (nSPS) is 19.6. The lowest BCUT2D eigenvalue weighted by molar-refractivity contribution is 0.528. The van der Waals surface area contributed by atoms with Crippen LogP contribution in [0.2, 0.25) is 10.3 Å². The van der Waals surface area contributed by atoms with E-state index < -0.39 is 0 Å². The van der Waals surface area contributed by atoms with Crippen LogP contribution >= 0.6 is 34.5 Å². The van der Waals surface area contributed by atoms with Crippen LogP contribution in [0.25, 0.3) is 10.2 Å². The third-order valence-electron chi connectivity index (χ3n) is 4.60. The molecule has 3 aromatic heterocycles. The van der Waals surface area contributed by atoms with Crippen molar-refractivity contribution in [1.29, 1.82) is 0 Å². The maximum atomic E-state index is 13.8. The van der Waals surface area contributed by atoms with Gasteiger partial charge in [-0.1, -0.05) is 23.8 Å². The Kier molecular flexibility index (Phi) is 5.27. The quantitative estimate of drug-likeness (QED) is 0.460. The monoisotopic (exact) mass is 423 g/mol. The number of anilines is 1. The first-order chi connectivity index (χ1) is 13.0. The number of thiophene rings is 1. The van der Waals surface area contributed by atoms with Gasteiger partial charge in [-0.3, -0.25) is 4.98 Å². The van der Waals surface area contributed by atoms with E-state index in [-0.39, 0.29) is 29.6 Å². The largest absolute Gasteiger partial charge is 0.365 e. The number of nitrogens with zero attached hydrogens (tertiary/aromatic N) is 3. The van der Waals surface area contributed by atoms with Crippen LogP contribution in [0.15, 0.2) is 30.6 Å². The second-order valence-electron chi connectivity index (χ2n) is 6.33. The van der Waals surface area contributed by atoms with Gasteiger partial charge in [-0.25, -0.2) is 9.37 Å². The Bertz CT molecular complexity index is 1020. The van der Waals surface area contributed by atoms with Crippen LogP contribution in [-0.2, 0) is 6.54 Å². The van der Waals surface area contributed by atoms with Crippen LogP contribution in [0.3, 0.4) is 0 Å². The number of hydrogen-bond acceptors (Lipinski definition) is 6. The zero-order valence-electron chi connectivity index (χ0n) is 14.1. The Balaban J connectivity index is 1.72. The van der Waals surface area contributed by atoms with Crippen molar-refractivity contribution in [3.8, 4) is 0 Å². The number of nitrogens with one attached hydrogen (secondary N) is 1. The Morgan fingerprint density at radius 1 is 1.26 bits per heavy atom. The molecule has 0 fully saturated rings. The minimum Gasteiger partial charge on any atom is -0.365 e. The van der Waals surface area contributed by atoms with Gasteiger partial charge in [0.2, 0.25) is 5.28 Å².